The van der Waals surface area contributed by atoms with Crippen LogP contribution in [0.15, 0.2) is 24.3 Å². The van der Waals surface area contributed by atoms with E-state index in [1.165, 1.54) is 0 Å². The Hall–Kier alpha value is -1.58. The summed E-state index contributed by atoms with van der Waals surface area (Å²) in [5.41, 5.74) is 0.535. The Morgan fingerprint density at radius 2 is 1.28 bits per heavy atom. The Morgan fingerprint density at radius 1 is 0.920 bits per heavy atom. The number of carbonyl (C=O) groups is 2. The van der Waals surface area contributed by atoms with Crippen LogP contribution in [0.1, 0.15) is 68.2 Å². The van der Waals surface area contributed by atoms with E-state index in [0.717, 1.165) is 12.8 Å². The molecule has 0 bridgehead atoms. The van der Waals surface area contributed by atoms with Gasteiger partial charge in [0.15, 0.2) is 0 Å². The third-order valence-corrected chi connectivity index (χ3v) is 4.77. The molecule has 0 aromatic heterocycles. The summed E-state index contributed by atoms with van der Waals surface area (Å²) in [6.45, 7) is 22.9. The predicted octanol–water partition coefficient (Wildman–Crippen LogP) is 5.08. The van der Waals surface area contributed by atoms with E-state index in [4.69, 9.17) is 9.47 Å². The first-order valence-electron chi connectivity index (χ1n) is 9.06. The molecule has 144 valence electrons. The van der Waals surface area contributed by atoms with E-state index in [0.29, 0.717) is 17.1 Å². The summed E-state index contributed by atoms with van der Waals surface area (Å²) in [5.74, 6) is -0.468. The van der Waals surface area contributed by atoms with Crippen LogP contribution in [0.25, 0.3) is 0 Å². The van der Waals surface area contributed by atoms with E-state index in [1.807, 2.05) is 13.8 Å². The van der Waals surface area contributed by atoms with Crippen molar-refractivity contribution in [1.29, 1.82) is 0 Å². The Morgan fingerprint density at radius 3 is 1.56 bits per heavy atom. The highest BCUT2D eigenvalue weighted by Gasteiger charge is 2.41. The van der Waals surface area contributed by atoms with Gasteiger partial charge in [0.25, 0.3) is 0 Å². The molecule has 0 aromatic rings. The van der Waals surface area contributed by atoms with Crippen LogP contribution >= 0.6 is 0 Å². The fourth-order valence-corrected chi connectivity index (χ4v) is 3.52. The highest BCUT2D eigenvalue weighted by molar-refractivity contribution is 5.87. The smallest absolute Gasteiger partial charge is 0.333 e. The van der Waals surface area contributed by atoms with Crippen molar-refractivity contribution in [3.8, 4) is 0 Å². The molecule has 0 radical (unpaired) electrons. The average molecular weight is 353 g/mol. The third kappa shape index (κ3) is 7.45. The van der Waals surface area contributed by atoms with Gasteiger partial charge in [-0.2, -0.15) is 0 Å². The third-order valence-electron chi connectivity index (χ3n) is 4.77. The van der Waals surface area contributed by atoms with Crippen LogP contribution in [0.3, 0.4) is 0 Å². The van der Waals surface area contributed by atoms with E-state index in [9.17, 15) is 9.59 Å². The van der Waals surface area contributed by atoms with Crippen LogP contribution in [0.5, 0.6) is 0 Å². The molecule has 0 amide bonds. The average Bonchev–Trinajstić information content (AvgIpc) is 2.45. The summed E-state index contributed by atoms with van der Waals surface area (Å²) in [6.07, 6.45) is 1.20. The minimum Gasteiger partial charge on any atom is -0.459 e. The Labute approximate surface area is 153 Å². The number of hydrogen-bond acceptors (Lipinski definition) is 4. The highest BCUT2D eigenvalue weighted by atomic mass is 16.6. The molecule has 0 aliphatic heterocycles. The number of hydrogen-bond donors (Lipinski definition) is 0. The zero-order chi connectivity index (χ0) is 19.9. The van der Waals surface area contributed by atoms with Gasteiger partial charge in [-0.1, -0.05) is 47.3 Å². The summed E-state index contributed by atoms with van der Waals surface area (Å²) >= 11 is 0. The fourth-order valence-electron chi connectivity index (χ4n) is 3.52. The maximum Gasteiger partial charge on any atom is 0.333 e. The SMILES string of the molecule is C=C(C)C(=O)OC(C)C(C(C)OC(=O)C(=C)C)C(C)(C)CC(C)CC. The molecule has 0 aromatic carbocycles. The molecule has 0 spiro atoms. The van der Waals surface area contributed by atoms with Gasteiger partial charge in [0, 0.05) is 17.1 Å². The van der Waals surface area contributed by atoms with Crippen molar-refractivity contribution in [2.45, 2.75) is 80.4 Å². The molecule has 0 saturated heterocycles. The molecule has 0 aliphatic carbocycles. The summed E-state index contributed by atoms with van der Waals surface area (Å²) in [4.78, 5) is 23.9. The quantitative estimate of drug-likeness (QED) is 0.406. The van der Waals surface area contributed by atoms with Crippen molar-refractivity contribution >= 4 is 11.9 Å². The van der Waals surface area contributed by atoms with Crippen LogP contribution in [-0.4, -0.2) is 24.1 Å². The minimum absolute atomic E-state index is 0.145. The number of carbonyl (C=O) groups excluding carboxylic acids is 2. The van der Waals surface area contributed by atoms with Crippen LogP contribution in [0, 0.1) is 17.3 Å². The van der Waals surface area contributed by atoms with E-state index in [1.54, 1.807) is 13.8 Å². The maximum absolute atomic E-state index is 12.0. The molecule has 25 heavy (non-hydrogen) atoms. The van der Waals surface area contributed by atoms with Gasteiger partial charge in [0.05, 0.1) is 0 Å². The molecule has 3 atom stereocenters. The van der Waals surface area contributed by atoms with Gasteiger partial charge >= 0.3 is 11.9 Å². The molecular formula is C21H36O4. The molecule has 0 fully saturated rings. The zero-order valence-corrected chi connectivity index (χ0v) is 17.3. The van der Waals surface area contributed by atoms with Crippen molar-refractivity contribution in [3.05, 3.63) is 24.3 Å². The first-order chi connectivity index (χ1) is 11.3. The van der Waals surface area contributed by atoms with E-state index < -0.39 is 24.1 Å². The first kappa shape index (κ1) is 23.4. The first-order valence-corrected chi connectivity index (χ1v) is 9.06. The lowest BCUT2D eigenvalue weighted by Crippen LogP contribution is -2.44. The van der Waals surface area contributed by atoms with Gasteiger partial charge in [-0.15, -0.1) is 0 Å². The van der Waals surface area contributed by atoms with Crippen molar-refractivity contribution in [2.24, 2.45) is 17.3 Å². The highest BCUT2D eigenvalue weighted by Crippen LogP contribution is 2.41. The summed E-state index contributed by atoms with van der Waals surface area (Å²) in [6, 6.07) is 0. The second kappa shape index (κ2) is 9.79. The fraction of sp³-hybridized carbons (Fsp3) is 0.714. The van der Waals surface area contributed by atoms with Crippen LogP contribution in [-0.2, 0) is 19.1 Å². The van der Waals surface area contributed by atoms with Gasteiger partial charge in [-0.3, -0.25) is 0 Å². The van der Waals surface area contributed by atoms with Crippen molar-refractivity contribution < 1.29 is 19.1 Å². The summed E-state index contributed by atoms with van der Waals surface area (Å²) < 4.78 is 11.2. The Bertz CT molecular complexity index is 470. The van der Waals surface area contributed by atoms with E-state index in [2.05, 4.69) is 40.9 Å². The number of ether oxygens (including phenoxy) is 2. The topological polar surface area (TPSA) is 52.6 Å². The minimum atomic E-state index is -0.421. The van der Waals surface area contributed by atoms with E-state index in [-0.39, 0.29) is 11.3 Å². The lowest BCUT2D eigenvalue weighted by atomic mass is 9.68. The van der Waals surface area contributed by atoms with Crippen molar-refractivity contribution in [2.75, 3.05) is 0 Å². The lowest BCUT2D eigenvalue weighted by molar-refractivity contribution is -0.161. The monoisotopic (exact) mass is 352 g/mol. The summed E-state index contributed by atoms with van der Waals surface area (Å²) in [7, 11) is 0. The second-order valence-electron chi connectivity index (χ2n) is 8.01. The molecular weight excluding hydrogens is 316 g/mol. The molecule has 0 saturated carbocycles. The largest absolute Gasteiger partial charge is 0.459 e. The zero-order valence-electron chi connectivity index (χ0n) is 17.3. The lowest BCUT2D eigenvalue weighted by Gasteiger charge is -2.42. The molecule has 4 heteroatoms. The van der Waals surface area contributed by atoms with Gasteiger partial charge < -0.3 is 9.47 Å². The maximum atomic E-state index is 12.0. The van der Waals surface area contributed by atoms with Gasteiger partial charge in [-0.25, -0.2) is 9.59 Å². The molecule has 0 heterocycles. The normalized spacial score (nSPS) is 16.3. The van der Waals surface area contributed by atoms with Crippen LogP contribution in [0.2, 0.25) is 0 Å². The molecule has 0 rings (SSSR count). The Balaban J connectivity index is 5.54. The van der Waals surface area contributed by atoms with Gasteiger partial charge in [0.2, 0.25) is 0 Å². The standard InChI is InChI=1S/C21H36O4/c1-11-15(6)12-21(9,10)18(16(7)24-19(22)13(2)3)17(8)25-20(23)14(4)5/h15-18H,2,4,11-12H2,1,3,5-10H3. The Kier molecular flexibility index (Phi) is 9.17. The summed E-state index contributed by atoms with van der Waals surface area (Å²) in [5, 5.41) is 0. The van der Waals surface area contributed by atoms with Crippen molar-refractivity contribution in [1.82, 2.24) is 0 Å². The predicted molar refractivity (Wildman–Crippen MR) is 102 cm³/mol. The van der Waals surface area contributed by atoms with Crippen LogP contribution in [0.4, 0.5) is 0 Å². The van der Waals surface area contributed by atoms with Crippen LogP contribution < -0.4 is 0 Å². The number of esters is 2. The molecule has 4 nitrogen and oxygen atoms in total. The van der Waals surface area contributed by atoms with Gasteiger partial charge in [-0.05, 0) is 45.4 Å². The number of rotatable bonds is 10. The van der Waals surface area contributed by atoms with Crippen molar-refractivity contribution in [3.63, 3.8) is 0 Å². The molecule has 3 unspecified atom stereocenters. The molecule has 0 aliphatic rings. The van der Waals surface area contributed by atoms with Gasteiger partial charge in [0.1, 0.15) is 12.2 Å². The molecule has 0 N–H and O–H groups in total. The van der Waals surface area contributed by atoms with E-state index >= 15 is 0 Å². The second-order valence-corrected chi connectivity index (χ2v) is 8.01.